The molecule has 1 aliphatic carbocycles. The van der Waals surface area contributed by atoms with E-state index in [1.54, 1.807) is 6.92 Å². The van der Waals surface area contributed by atoms with E-state index in [0.717, 1.165) is 18.3 Å². The van der Waals surface area contributed by atoms with Crippen LogP contribution in [-0.4, -0.2) is 12.1 Å². The van der Waals surface area contributed by atoms with Crippen LogP contribution >= 0.6 is 0 Å². The van der Waals surface area contributed by atoms with Gasteiger partial charge in [-0.15, -0.1) is 0 Å². The average Bonchev–Trinajstić information content (AvgIpc) is 2.39. The van der Waals surface area contributed by atoms with Crippen molar-refractivity contribution in [2.45, 2.75) is 85.7 Å². The Kier molecular flexibility index (Phi) is 7.61. The molecule has 1 fully saturated rings. The lowest BCUT2D eigenvalue weighted by atomic mass is 9.68. The zero-order valence-electron chi connectivity index (χ0n) is 14.2. The minimum atomic E-state index is -0.108. The molecule has 20 heavy (non-hydrogen) atoms. The molecule has 2 nitrogen and oxygen atoms in total. The van der Waals surface area contributed by atoms with E-state index >= 15 is 0 Å². The van der Waals surface area contributed by atoms with Crippen LogP contribution in [0.15, 0.2) is 0 Å². The van der Waals surface area contributed by atoms with Gasteiger partial charge in [-0.3, -0.25) is 4.79 Å². The van der Waals surface area contributed by atoms with Crippen molar-refractivity contribution in [3.63, 3.8) is 0 Å². The van der Waals surface area contributed by atoms with E-state index in [2.05, 4.69) is 27.7 Å². The predicted octanol–water partition coefficient (Wildman–Crippen LogP) is 5.21. The minimum absolute atomic E-state index is 0.108. The Morgan fingerprint density at radius 2 is 1.70 bits per heavy atom. The Hall–Kier alpha value is -0.530. The molecular weight excluding hydrogens is 248 g/mol. The highest BCUT2D eigenvalue weighted by atomic mass is 16.5. The van der Waals surface area contributed by atoms with Gasteiger partial charge in [-0.1, -0.05) is 53.4 Å². The second-order valence-electron chi connectivity index (χ2n) is 6.92. The van der Waals surface area contributed by atoms with Crippen molar-refractivity contribution >= 4 is 5.97 Å². The molecule has 0 amide bonds. The van der Waals surface area contributed by atoms with Gasteiger partial charge in [-0.25, -0.2) is 0 Å². The summed E-state index contributed by atoms with van der Waals surface area (Å²) in [6, 6.07) is 0. The normalized spacial score (nSPS) is 29.8. The number of carbonyl (C=O) groups is 1. The molecule has 0 heterocycles. The van der Waals surface area contributed by atoms with Gasteiger partial charge in [0.1, 0.15) is 6.10 Å². The van der Waals surface area contributed by atoms with E-state index in [4.69, 9.17) is 4.74 Å². The highest BCUT2D eigenvalue weighted by molar-refractivity contribution is 5.66. The third-order valence-corrected chi connectivity index (χ3v) is 5.22. The largest absolute Gasteiger partial charge is 0.462 e. The minimum Gasteiger partial charge on any atom is -0.462 e. The van der Waals surface area contributed by atoms with Gasteiger partial charge < -0.3 is 4.74 Å². The summed E-state index contributed by atoms with van der Waals surface area (Å²) in [7, 11) is 0. The maximum atomic E-state index is 11.3. The lowest BCUT2D eigenvalue weighted by Gasteiger charge is -2.41. The van der Waals surface area contributed by atoms with Crippen molar-refractivity contribution in [2.24, 2.45) is 23.7 Å². The second kappa shape index (κ2) is 8.69. The molecule has 1 saturated carbocycles. The molecule has 0 aliphatic heterocycles. The van der Waals surface area contributed by atoms with Crippen LogP contribution in [0, 0.1) is 23.7 Å². The SMILES string of the molecule is CCCC(C)C1CCC(OC(C)=O)C(C(C)CCC)C1. The first-order valence-electron chi connectivity index (χ1n) is 8.66. The van der Waals surface area contributed by atoms with E-state index in [0.29, 0.717) is 11.8 Å². The summed E-state index contributed by atoms with van der Waals surface area (Å²) in [5, 5.41) is 0. The van der Waals surface area contributed by atoms with Crippen LogP contribution < -0.4 is 0 Å². The molecule has 1 rings (SSSR count). The number of hydrogen-bond acceptors (Lipinski definition) is 2. The van der Waals surface area contributed by atoms with Gasteiger partial charge in [0.2, 0.25) is 0 Å². The Balaban J connectivity index is 2.69. The Morgan fingerprint density at radius 3 is 2.25 bits per heavy atom. The van der Waals surface area contributed by atoms with Crippen LogP contribution in [0.5, 0.6) is 0 Å². The molecule has 5 atom stereocenters. The van der Waals surface area contributed by atoms with Crippen LogP contribution in [0.1, 0.15) is 79.6 Å². The maximum absolute atomic E-state index is 11.3. The zero-order valence-corrected chi connectivity index (χ0v) is 14.2. The molecule has 118 valence electrons. The van der Waals surface area contributed by atoms with Gasteiger partial charge in [0.05, 0.1) is 0 Å². The third-order valence-electron chi connectivity index (χ3n) is 5.22. The number of ether oxygens (including phenoxy) is 1. The molecule has 0 aromatic rings. The highest BCUT2D eigenvalue weighted by Crippen LogP contribution is 2.41. The molecule has 0 bridgehead atoms. The zero-order chi connectivity index (χ0) is 15.1. The molecule has 5 unspecified atom stereocenters. The van der Waals surface area contributed by atoms with Crippen LogP contribution in [-0.2, 0) is 9.53 Å². The Bertz CT molecular complexity index is 287. The average molecular weight is 282 g/mol. The number of esters is 1. The summed E-state index contributed by atoms with van der Waals surface area (Å²) in [4.78, 5) is 11.3. The van der Waals surface area contributed by atoms with E-state index in [-0.39, 0.29) is 12.1 Å². The summed E-state index contributed by atoms with van der Waals surface area (Å²) < 4.78 is 5.62. The molecule has 0 aromatic carbocycles. The van der Waals surface area contributed by atoms with Crippen molar-refractivity contribution < 1.29 is 9.53 Å². The van der Waals surface area contributed by atoms with Gasteiger partial charge in [0.25, 0.3) is 0 Å². The lowest BCUT2D eigenvalue weighted by Crippen LogP contribution is -2.38. The topological polar surface area (TPSA) is 26.3 Å². The summed E-state index contributed by atoms with van der Waals surface area (Å²) >= 11 is 0. The first-order chi connectivity index (χ1) is 9.49. The van der Waals surface area contributed by atoms with Gasteiger partial charge in [0, 0.05) is 6.92 Å². The fourth-order valence-electron chi connectivity index (χ4n) is 4.05. The monoisotopic (exact) mass is 282 g/mol. The second-order valence-corrected chi connectivity index (χ2v) is 6.92. The number of carbonyl (C=O) groups excluding carboxylic acids is 1. The standard InChI is InChI=1S/C18H34O2/c1-6-8-13(3)16-10-11-18(20-15(5)19)17(12-16)14(4)9-7-2/h13-14,16-18H,6-12H2,1-5H3. The van der Waals surface area contributed by atoms with Gasteiger partial charge >= 0.3 is 5.97 Å². The van der Waals surface area contributed by atoms with Gasteiger partial charge in [-0.2, -0.15) is 0 Å². The lowest BCUT2D eigenvalue weighted by molar-refractivity contribution is -0.153. The van der Waals surface area contributed by atoms with E-state index in [1.807, 2.05) is 0 Å². The summed E-state index contributed by atoms with van der Waals surface area (Å²) in [6.07, 6.45) is 8.79. The van der Waals surface area contributed by atoms with Crippen LogP contribution in [0.2, 0.25) is 0 Å². The third kappa shape index (κ3) is 5.10. The highest BCUT2D eigenvalue weighted by Gasteiger charge is 2.36. The first kappa shape index (κ1) is 17.5. The summed E-state index contributed by atoms with van der Waals surface area (Å²) in [5.41, 5.74) is 0. The summed E-state index contributed by atoms with van der Waals surface area (Å²) in [5.74, 6) is 2.77. The molecule has 0 saturated heterocycles. The van der Waals surface area contributed by atoms with E-state index in [9.17, 15) is 4.79 Å². The van der Waals surface area contributed by atoms with Crippen molar-refractivity contribution in [2.75, 3.05) is 0 Å². The van der Waals surface area contributed by atoms with Crippen molar-refractivity contribution in [1.29, 1.82) is 0 Å². The smallest absolute Gasteiger partial charge is 0.302 e. The van der Waals surface area contributed by atoms with Gasteiger partial charge in [-0.05, 0) is 42.9 Å². The molecule has 0 radical (unpaired) electrons. The van der Waals surface area contributed by atoms with Gasteiger partial charge in [0.15, 0.2) is 0 Å². The Labute approximate surface area is 125 Å². The molecular formula is C18H34O2. The van der Waals surface area contributed by atoms with E-state index < -0.39 is 0 Å². The van der Waals surface area contributed by atoms with Crippen LogP contribution in [0.4, 0.5) is 0 Å². The molecule has 0 aromatic heterocycles. The maximum Gasteiger partial charge on any atom is 0.302 e. The van der Waals surface area contributed by atoms with E-state index in [1.165, 1.54) is 38.5 Å². The first-order valence-corrected chi connectivity index (χ1v) is 8.66. The number of rotatable bonds is 7. The summed E-state index contributed by atoms with van der Waals surface area (Å²) in [6.45, 7) is 10.8. The predicted molar refractivity (Wildman–Crippen MR) is 84.5 cm³/mol. The van der Waals surface area contributed by atoms with Crippen molar-refractivity contribution in [3.8, 4) is 0 Å². The molecule has 0 spiro atoms. The van der Waals surface area contributed by atoms with Crippen LogP contribution in [0.25, 0.3) is 0 Å². The molecule has 0 N–H and O–H groups in total. The van der Waals surface area contributed by atoms with Crippen LogP contribution in [0.3, 0.4) is 0 Å². The number of hydrogen-bond donors (Lipinski definition) is 0. The quantitative estimate of drug-likeness (QED) is 0.599. The molecule has 2 heteroatoms. The molecule has 1 aliphatic rings. The fraction of sp³-hybridized carbons (Fsp3) is 0.944. The van der Waals surface area contributed by atoms with Crippen molar-refractivity contribution in [3.05, 3.63) is 0 Å². The Morgan fingerprint density at radius 1 is 1.10 bits per heavy atom. The fourth-order valence-corrected chi connectivity index (χ4v) is 4.05. The van der Waals surface area contributed by atoms with Crippen molar-refractivity contribution in [1.82, 2.24) is 0 Å².